The van der Waals surface area contributed by atoms with Crippen molar-refractivity contribution in [3.63, 3.8) is 0 Å². The van der Waals surface area contributed by atoms with E-state index in [4.69, 9.17) is 9.52 Å². The molecule has 0 radical (unpaired) electrons. The van der Waals surface area contributed by atoms with Gasteiger partial charge in [-0.05, 0) is 25.0 Å². The van der Waals surface area contributed by atoms with Gasteiger partial charge in [-0.1, -0.05) is 0 Å². The van der Waals surface area contributed by atoms with Gasteiger partial charge in [-0.15, -0.1) is 0 Å². The highest BCUT2D eigenvalue weighted by Gasteiger charge is 2.33. The average Bonchev–Trinajstić information content (AvgIpc) is 3.02. The van der Waals surface area contributed by atoms with Gasteiger partial charge in [0.15, 0.2) is 0 Å². The van der Waals surface area contributed by atoms with Gasteiger partial charge in [-0.25, -0.2) is 13.2 Å². The lowest BCUT2D eigenvalue weighted by molar-refractivity contribution is -0.127. The molecule has 1 N–H and O–H groups in total. The molecule has 1 aliphatic carbocycles. The Morgan fingerprint density at radius 1 is 1.42 bits per heavy atom. The van der Waals surface area contributed by atoms with E-state index in [1.165, 1.54) is 4.90 Å². The minimum absolute atomic E-state index is 0.119. The normalized spacial score (nSPS) is 15.2. The predicted molar refractivity (Wildman–Crippen MR) is 63.5 cm³/mol. The Morgan fingerprint density at radius 2 is 2.05 bits per heavy atom. The van der Waals surface area contributed by atoms with Crippen molar-refractivity contribution in [2.45, 2.75) is 24.0 Å². The monoisotopic (exact) mass is 287 g/mol. The van der Waals surface area contributed by atoms with E-state index in [0.717, 1.165) is 25.0 Å². The van der Waals surface area contributed by atoms with Crippen LogP contribution in [0, 0.1) is 0 Å². The summed E-state index contributed by atoms with van der Waals surface area (Å²) in [6.07, 6.45) is 1.76. The Bertz CT molecular complexity index is 613. The van der Waals surface area contributed by atoms with E-state index in [1.54, 1.807) is 7.05 Å². The van der Waals surface area contributed by atoms with Crippen molar-refractivity contribution in [2.24, 2.45) is 0 Å². The van der Waals surface area contributed by atoms with Gasteiger partial charge in [0.25, 0.3) is 0 Å². The summed E-state index contributed by atoms with van der Waals surface area (Å²) in [5.74, 6) is -3.06. The van der Waals surface area contributed by atoms with Crippen molar-refractivity contribution in [1.82, 2.24) is 4.90 Å². The van der Waals surface area contributed by atoms with E-state index in [0.29, 0.717) is 0 Å². The van der Waals surface area contributed by atoms with E-state index in [-0.39, 0.29) is 6.04 Å². The zero-order valence-corrected chi connectivity index (χ0v) is 11.0. The maximum absolute atomic E-state index is 11.9. The van der Waals surface area contributed by atoms with E-state index < -0.39 is 38.3 Å². The molecule has 104 valence electrons. The number of sulfone groups is 1. The first kappa shape index (κ1) is 13.6. The van der Waals surface area contributed by atoms with Crippen LogP contribution in [0.4, 0.5) is 0 Å². The van der Waals surface area contributed by atoms with Gasteiger partial charge in [0.05, 0.1) is 0 Å². The summed E-state index contributed by atoms with van der Waals surface area (Å²) in [5, 5.41) is 8.15. The lowest BCUT2D eigenvalue weighted by atomic mass is 10.5. The molecule has 1 aromatic rings. The van der Waals surface area contributed by atoms with Gasteiger partial charge in [-0.2, -0.15) is 0 Å². The molecular weight excluding hydrogens is 274 g/mol. The molecule has 1 heterocycles. The van der Waals surface area contributed by atoms with Crippen LogP contribution >= 0.6 is 0 Å². The minimum atomic E-state index is -3.94. The molecule has 0 atom stereocenters. The standard InChI is InChI=1S/C11H13NO6S/c1-12(7-2-3-7)9(13)6-19(16,17)10-5-4-8(18-10)11(14)15/h4-5,7H,2-3,6H2,1H3,(H,14,15). The number of amides is 1. The third-order valence-electron chi connectivity index (χ3n) is 2.90. The van der Waals surface area contributed by atoms with Crippen molar-refractivity contribution in [3.8, 4) is 0 Å². The number of rotatable bonds is 5. The van der Waals surface area contributed by atoms with Gasteiger partial charge in [0, 0.05) is 13.1 Å². The number of carboxylic acid groups (broad SMARTS) is 1. The van der Waals surface area contributed by atoms with Crippen LogP contribution < -0.4 is 0 Å². The molecule has 19 heavy (non-hydrogen) atoms. The molecule has 0 bridgehead atoms. The van der Waals surface area contributed by atoms with Crippen molar-refractivity contribution in [3.05, 3.63) is 17.9 Å². The van der Waals surface area contributed by atoms with Crippen LogP contribution in [0.15, 0.2) is 21.6 Å². The summed E-state index contributed by atoms with van der Waals surface area (Å²) >= 11 is 0. The maximum atomic E-state index is 11.9. The van der Waals surface area contributed by atoms with E-state index in [9.17, 15) is 18.0 Å². The summed E-state index contributed by atoms with van der Waals surface area (Å²) < 4.78 is 28.5. The molecule has 1 aromatic heterocycles. The molecule has 0 spiro atoms. The third kappa shape index (κ3) is 2.95. The summed E-state index contributed by atoms with van der Waals surface area (Å²) in [7, 11) is -2.39. The Labute approximate surface area is 109 Å². The molecule has 0 aliphatic heterocycles. The molecule has 8 heteroatoms. The lowest BCUT2D eigenvalue weighted by Crippen LogP contribution is -2.34. The first-order chi connectivity index (χ1) is 8.81. The quantitative estimate of drug-likeness (QED) is 0.839. The van der Waals surface area contributed by atoms with E-state index in [2.05, 4.69) is 0 Å². The van der Waals surface area contributed by atoms with E-state index >= 15 is 0 Å². The molecule has 0 saturated heterocycles. The second-order valence-corrected chi connectivity index (χ2v) is 6.34. The highest BCUT2D eigenvalue weighted by Crippen LogP contribution is 2.26. The molecule has 1 amide bonds. The zero-order chi connectivity index (χ0) is 14.2. The lowest BCUT2D eigenvalue weighted by Gasteiger charge is -2.15. The Morgan fingerprint density at radius 3 is 2.53 bits per heavy atom. The molecular formula is C11H13NO6S. The highest BCUT2D eigenvalue weighted by atomic mass is 32.2. The second kappa shape index (κ2) is 4.69. The largest absolute Gasteiger partial charge is 0.475 e. The van der Waals surface area contributed by atoms with Crippen molar-refractivity contribution in [2.75, 3.05) is 12.8 Å². The van der Waals surface area contributed by atoms with Crippen molar-refractivity contribution >= 4 is 21.7 Å². The summed E-state index contributed by atoms with van der Waals surface area (Å²) in [5.41, 5.74) is 0. The van der Waals surface area contributed by atoms with Gasteiger partial charge in [0.1, 0.15) is 5.75 Å². The number of nitrogens with zero attached hydrogens (tertiary/aromatic N) is 1. The number of carboxylic acids is 1. The molecule has 7 nitrogen and oxygen atoms in total. The highest BCUT2D eigenvalue weighted by molar-refractivity contribution is 7.92. The van der Waals surface area contributed by atoms with Crippen LogP contribution in [0.3, 0.4) is 0 Å². The van der Waals surface area contributed by atoms with Crippen LogP contribution in [0.5, 0.6) is 0 Å². The Balaban J connectivity index is 2.12. The van der Waals surface area contributed by atoms with Crippen LogP contribution in [0.25, 0.3) is 0 Å². The first-order valence-corrected chi connectivity index (χ1v) is 7.28. The fraction of sp³-hybridized carbons (Fsp3) is 0.455. The Hall–Kier alpha value is -1.83. The number of carbonyl (C=O) groups is 2. The minimum Gasteiger partial charge on any atom is -0.475 e. The van der Waals surface area contributed by atoms with E-state index in [1.807, 2.05) is 0 Å². The first-order valence-electron chi connectivity index (χ1n) is 5.63. The predicted octanol–water partition coefficient (Wildman–Crippen LogP) is 0.372. The molecule has 0 aromatic carbocycles. The second-order valence-electron chi connectivity index (χ2n) is 4.42. The van der Waals surface area contributed by atoms with Gasteiger partial charge in [-0.3, -0.25) is 4.79 Å². The topological polar surface area (TPSA) is 105 Å². The smallest absolute Gasteiger partial charge is 0.371 e. The molecule has 1 aliphatic rings. The van der Waals surface area contributed by atoms with Gasteiger partial charge >= 0.3 is 5.97 Å². The van der Waals surface area contributed by atoms with Gasteiger partial charge < -0.3 is 14.4 Å². The molecule has 2 rings (SSSR count). The number of aromatic carboxylic acids is 1. The Kier molecular flexibility index (Phi) is 3.36. The zero-order valence-electron chi connectivity index (χ0n) is 10.2. The summed E-state index contributed by atoms with van der Waals surface area (Å²) in [6, 6.07) is 2.21. The average molecular weight is 287 g/mol. The van der Waals surface area contributed by atoms with Gasteiger partial charge in [0.2, 0.25) is 26.6 Å². The number of carbonyl (C=O) groups excluding carboxylic acids is 1. The van der Waals surface area contributed by atoms with Crippen LogP contribution in [0.2, 0.25) is 0 Å². The molecule has 1 fully saturated rings. The number of furan rings is 1. The fourth-order valence-electron chi connectivity index (χ4n) is 1.60. The van der Waals surface area contributed by atoms with Crippen LogP contribution in [-0.2, 0) is 14.6 Å². The number of hydrogen-bond donors (Lipinski definition) is 1. The molecule has 0 unspecified atom stereocenters. The SMILES string of the molecule is CN(C(=O)CS(=O)(=O)c1ccc(C(=O)O)o1)C1CC1. The summed E-state index contributed by atoms with van der Waals surface area (Å²) in [6.45, 7) is 0. The maximum Gasteiger partial charge on any atom is 0.371 e. The molecule has 1 saturated carbocycles. The van der Waals surface area contributed by atoms with Crippen LogP contribution in [-0.4, -0.2) is 49.1 Å². The van der Waals surface area contributed by atoms with Crippen LogP contribution in [0.1, 0.15) is 23.4 Å². The summed E-state index contributed by atoms with van der Waals surface area (Å²) in [4.78, 5) is 23.7. The number of hydrogen-bond acceptors (Lipinski definition) is 5. The van der Waals surface area contributed by atoms with Crippen molar-refractivity contribution in [1.29, 1.82) is 0 Å². The fourth-order valence-corrected chi connectivity index (χ4v) is 2.77. The van der Waals surface area contributed by atoms with Crippen molar-refractivity contribution < 1.29 is 27.5 Å². The third-order valence-corrected chi connectivity index (χ3v) is 4.36.